The van der Waals surface area contributed by atoms with Crippen LogP contribution in [0.4, 0.5) is 0 Å². The maximum absolute atomic E-state index is 12.3. The first-order valence-corrected chi connectivity index (χ1v) is 19.7. The second kappa shape index (κ2) is 35.9. The zero-order valence-corrected chi connectivity index (χ0v) is 29.5. The van der Waals surface area contributed by atoms with E-state index in [0.717, 1.165) is 25.7 Å². The topological polar surface area (TPSA) is 69.6 Å². The number of amides is 1. The molecule has 43 heavy (non-hydrogen) atoms. The van der Waals surface area contributed by atoms with Gasteiger partial charge in [-0.25, -0.2) is 0 Å². The van der Waals surface area contributed by atoms with Gasteiger partial charge in [-0.15, -0.1) is 0 Å². The normalized spacial score (nSPS) is 12.9. The van der Waals surface area contributed by atoms with Gasteiger partial charge in [-0.2, -0.15) is 0 Å². The van der Waals surface area contributed by atoms with Crippen LogP contribution in [0.25, 0.3) is 0 Å². The van der Waals surface area contributed by atoms with Crippen LogP contribution in [0.3, 0.4) is 0 Å². The molecule has 258 valence electrons. The summed E-state index contributed by atoms with van der Waals surface area (Å²) in [5.74, 6) is -0.0278. The molecule has 0 aromatic carbocycles. The van der Waals surface area contributed by atoms with Crippen LogP contribution < -0.4 is 5.32 Å². The van der Waals surface area contributed by atoms with Gasteiger partial charge in [0, 0.05) is 6.42 Å². The van der Waals surface area contributed by atoms with E-state index in [1.54, 1.807) is 0 Å². The summed E-state index contributed by atoms with van der Waals surface area (Å²) in [5, 5.41) is 23.1. The van der Waals surface area contributed by atoms with E-state index in [1.165, 1.54) is 173 Å². The number of carbonyl (C=O) groups excluding carboxylic acids is 1. The monoisotopic (exact) mass is 610 g/mol. The number of aliphatic hydroxyl groups excluding tert-OH is 2. The minimum Gasteiger partial charge on any atom is -0.394 e. The number of unbranched alkanes of at least 4 members (excludes halogenated alkanes) is 29. The molecule has 0 bridgehead atoms. The standard InChI is InChI=1S/C39H79NO3/c1-3-5-7-9-11-13-15-17-19-20-21-23-25-27-29-31-33-35-39(43)40-37(36-41)38(42)34-32-30-28-26-24-22-18-16-14-12-10-8-6-4-2/h37-38,41-42H,3-36H2,1-2H3,(H,40,43)/t37-,38+/m0/s1. The maximum Gasteiger partial charge on any atom is 0.220 e. The molecule has 0 aliphatic heterocycles. The van der Waals surface area contributed by atoms with Gasteiger partial charge in [0.25, 0.3) is 0 Å². The molecule has 0 aliphatic rings. The van der Waals surface area contributed by atoms with Crippen molar-refractivity contribution in [3.63, 3.8) is 0 Å². The van der Waals surface area contributed by atoms with Crippen LogP contribution in [0.15, 0.2) is 0 Å². The highest BCUT2D eigenvalue weighted by Crippen LogP contribution is 2.16. The summed E-state index contributed by atoms with van der Waals surface area (Å²) in [7, 11) is 0. The average Bonchev–Trinajstić information content (AvgIpc) is 3.01. The Hall–Kier alpha value is -0.610. The van der Waals surface area contributed by atoms with Crippen molar-refractivity contribution >= 4 is 5.91 Å². The summed E-state index contributed by atoms with van der Waals surface area (Å²) in [5.41, 5.74) is 0. The molecular formula is C39H79NO3. The van der Waals surface area contributed by atoms with Crippen LogP contribution in [0.5, 0.6) is 0 Å². The molecule has 0 aromatic heterocycles. The lowest BCUT2D eigenvalue weighted by atomic mass is 10.0. The molecule has 0 radical (unpaired) electrons. The summed E-state index contributed by atoms with van der Waals surface area (Å²) >= 11 is 0. The second-order valence-corrected chi connectivity index (χ2v) is 13.7. The van der Waals surface area contributed by atoms with Crippen molar-refractivity contribution < 1.29 is 15.0 Å². The first kappa shape index (κ1) is 42.4. The fourth-order valence-corrected chi connectivity index (χ4v) is 6.30. The molecule has 0 fully saturated rings. The molecule has 0 unspecified atom stereocenters. The third kappa shape index (κ3) is 32.6. The Morgan fingerprint density at radius 2 is 0.744 bits per heavy atom. The number of nitrogens with one attached hydrogen (secondary N) is 1. The van der Waals surface area contributed by atoms with Crippen molar-refractivity contribution in [2.45, 2.75) is 238 Å². The summed E-state index contributed by atoms with van der Waals surface area (Å²) in [6.07, 6.45) is 41.6. The summed E-state index contributed by atoms with van der Waals surface area (Å²) in [6.45, 7) is 4.37. The number of hydrogen-bond acceptors (Lipinski definition) is 3. The largest absolute Gasteiger partial charge is 0.394 e. The highest BCUT2D eigenvalue weighted by Gasteiger charge is 2.19. The zero-order valence-electron chi connectivity index (χ0n) is 29.5. The van der Waals surface area contributed by atoms with Crippen LogP contribution in [-0.4, -0.2) is 34.9 Å². The van der Waals surface area contributed by atoms with Crippen molar-refractivity contribution in [2.24, 2.45) is 0 Å². The molecule has 0 rings (SSSR count). The third-order valence-corrected chi connectivity index (χ3v) is 9.37. The van der Waals surface area contributed by atoms with E-state index in [1.807, 2.05) is 0 Å². The van der Waals surface area contributed by atoms with Gasteiger partial charge in [0.15, 0.2) is 0 Å². The molecular weight excluding hydrogens is 530 g/mol. The molecule has 3 N–H and O–H groups in total. The molecule has 1 amide bonds. The highest BCUT2D eigenvalue weighted by molar-refractivity contribution is 5.76. The Balaban J connectivity index is 3.50. The third-order valence-electron chi connectivity index (χ3n) is 9.37. The van der Waals surface area contributed by atoms with E-state index in [9.17, 15) is 15.0 Å². The zero-order chi connectivity index (χ0) is 31.5. The van der Waals surface area contributed by atoms with E-state index in [4.69, 9.17) is 0 Å². The quantitative estimate of drug-likeness (QED) is 0.0619. The lowest BCUT2D eigenvalue weighted by Gasteiger charge is -2.22. The van der Waals surface area contributed by atoms with Crippen LogP contribution in [-0.2, 0) is 4.79 Å². The van der Waals surface area contributed by atoms with Gasteiger partial charge in [0.1, 0.15) is 0 Å². The minimum absolute atomic E-state index is 0.0278. The average molecular weight is 610 g/mol. The first-order chi connectivity index (χ1) is 21.2. The lowest BCUT2D eigenvalue weighted by Crippen LogP contribution is -2.45. The Bertz CT molecular complexity index is 541. The van der Waals surface area contributed by atoms with E-state index in [-0.39, 0.29) is 12.5 Å². The van der Waals surface area contributed by atoms with Gasteiger partial charge in [-0.3, -0.25) is 4.79 Å². The Labute approximate surface area is 270 Å². The molecule has 2 atom stereocenters. The van der Waals surface area contributed by atoms with Crippen molar-refractivity contribution in [1.29, 1.82) is 0 Å². The molecule has 0 aromatic rings. The van der Waals surface area contributed by atoms with Crippen LogP contribution >= 0.6 is 0 Å². The van der Waals surface area contributed by atoms with Crippen LogP contribution in [0, 0.1) is 0 Å². The first-order valence-electron chi connectivity index (χ1n) is 19.7. The number of rotatable bonds is 36. The van der Waals surface area contributed by atoms with Crippen LogP contribution in [0.1, 0.15) is 226 Å². The molecule has 0 aliphatic carbocycles. The fourth-order valence-electron chi connectivity index (χ4n) is 6.30. The SMILES string of the molecule is CCCCCCCCCCCCCCCCCCCC(=O)N[C@@H](CO)[C@H](O)CCCCCCCCCCCCCCCC. The summed E-state index contributed by atoms with van der Waals surface area (Å²) in [4.78, 5) is 12.3. The highest BCUT2D eigenvalue weighted by atomic mass is 16.3. The van der Waals surface area contributed by atoms with Crippen LogP contribution in [0.2, 0.25) is 0 Å². The van der Waals surface area contributed by atoms with Crippen molar-refractivity contribution in [2.75, 3.05) is 6.61 Å². The van der Waals surface area contributed by atoms with Gasteiger partial charge in [0.05, 0.1) is 18.8 Å². The number of carbonyl (C=O) groups is 1. The molecule has 0 spiro atoms. The summed E-state index contributed by atoms with van der Waals surface area (Å²) < 4.78 is 0. The smallest absolute Gasteiger partial charge is 0.220 e. The predicted molar refractivity (Wildman–Crippen MR) is 189 cm³/mol. The number of hydrogen-bond donors (Lipinski definition) is 3. The van der Waals surface area contributed by atoms with Gasteiger partial charge < -0.3 is 15.5 Å². The Kier molecular flexibility index (Phi) is 35.4. The minimum atomic E-state index is -0.651. The Morgan fingerprint density at radius 1 is 0.465 bits per heavy atom. The van der Waals surface area contributed by atoms with Crippen molar-refractivity contribution in [1.82, 2.24) is 5.32 Å². The van der Waals surface area contributed by atoms with Gasteiger partial charge in [-0.05, 0) is 12.8 Å². The fraction of sp³-hybridized carbons (Fsp3) is 0.974. The second-order valence-electron chi connectivity index (χ2n) is 13.7. The predicted octanol–water partition coefficient (Wildman–Crippen LogP) is 11.7. The van der Waals surface area contributed by atoms with Gasteiger partial charge in [0.2, 0.25) is 5.91 Å². The molecule has 4 heteroatoms. The lowest BCUT2D eigenvalue weighted by molar-refractivity contribution is -0.123. The summed E-state index contributed by atoms with van der Waals surface area (Å²) in [6, 6.07) is -0.528. The van der Waals surface area contributed by atoms with Crippen molar-refractivity contribution in [3.8, 4) is 0 Å². The maximum atomic E-state index is 12.3. The van der Waals surface area contributed by atoms with E-state index >= 15 is 0 Å². The van der Waals surface area contributed by atoms with E-state index < -0.39 is 12.1 Å². The molecule has 0 heterocycles. The van der Waals surface area contributed by atoms with E-state index in [2.05, 4.69) is 19.2 Å². The van der Waals surface area contributed by atoms with Gasteiger partial charge >= 0.3 is 0 Å². The molecule has 0 saturated carbocycles. The van der Waals surface area contributed by atoms with Crippen molar-refractivity contribution in [3.05, 3.63) is 0 Å². The van der Waals surface area contributed by atoms with E-state index in [0.29, 0.717) is 12.8 Å². The Morgan fingerprint density at radius 3 is 1.05 bits per heavy atom. The number of aliphatic hydroxyl groups is 2. The van der Waals surface area contributed by atoms with Gasteiger partial charge in [-0.1, -0.05) is 206 Å². The molecule has 4 nitrogen and oxygen atoms in total. The molecule has 0 saturated heterocycles.